The summed E-state index contributed by atoms with van der Waals surface area (Å²) < 4.78 is 0. The summed E-state index contributed by atoms with van der Waals surface area (Å²) in [6.45, 7) is 4.99. The van der Waals surface area contributed by atoms with Gasteiger partial charge in [0.25, 0.3) is 0 Å². The summed E-state index contributed by atoms with van der Waals surface area (Å²) >= 11 is 0. The first-order chi connectivity index (χ1) is 19.9. The molecule has 4 aromatic carbocycles. The van der Waals surface area contributed by atoms with E-state index in [1.165, 1.54) is 21.7 Å². The maximum Gasteiger partial charge on any atom is 0.227 e. The van der Waals surface area contributed by atoms with Crippen molar-refractivity contribution in [2.75, 3.05) is 26.2 Å². The summed E-state index contributed by atoms with van der Waals surface area (Å²) in [5, 5.41) is 15.2. The molecular formula is C34H42N6O. The summed E-state index contributed by atoms with van der Waals surface area (Å²) in [6.07, 6.45) is 2.96. The third kappa shape index (κ3) is 7.43. The molecule has 1 heterocycles. The Bertz CT molecular complexity index is 1500. The zero-order valence-corrected chi connectivity index (χ0v) is 23.9. The van der Waals surface area contributed by atoms with Gasteiger partial charge in [0.1, 0.15) is 0 Å². The number of benzene rings is 4. The topological polar surface area (TPSA) is 111 Å². The van der Waals surface area contributed by atoms with Crippen molar-refractivity contribution >= 4 is 33.4 Å². The third-order valence-electron chi connectivity index (χ3n) is 8.26. The molecule has 0 saturated carbocycles. The molecule has 1 aliphatic heterocycles. The van der Waals surface area contributed by atoms with Crippen LogP contribution >= 0.6 is 0 Å². The van der Waals surface area contributed by atoms with Crippen LogP contribution < -0.4 is 16.8 Å². The van der Waals surface area contributed by atoms with Crippen molar-refractivity contribution in [2.45, 2.75) is 50.7 Å². The van der Waals surface area contributed by atoms with Gasteiger partial charge in [-0.3, -0.25) is 15.1 Å². The van der Waals surface area contributed by atoms with Gasteiger partial charge in [0.05, 0.1) is 6.42 Å². The molecule has 4 aromatic rings. The number of hydrogen-bond acceptors (Lipinski definition) is 4. The monoisotopic (exact) mass is 550 g/mol. The van der Waals surface area contributed by atoms with Gasteiger partial charge in [-0.05, 0) is 58.9 Å². The number of amides is 1. The Morgan fingerprint density at radius 3 is 2.20 bits per heavy atom. The van der Waals surface area contributed by atoms with E-state index in [1.807, 2.05) is 17.0 Å². The van der Waals surface area contributed by atoms with E-state index in [0.717, 1.165) is 36.8 Å². The number of carbonyl (C=O) groups excluding carboxylic acids is 1. The van der Waals surface area contributed by atoms with Gasteiger partial charge in [0.2, 0.25) is 5.91 Å². The van der Waals surface area contributed by atoms with Crippen LogP contribution in [0, 0.1) is 5.41 Å². The lowest BCUT2D eigenvalue weighted by Crippen LogP contribution is -2.61. The molecule has 6 N–H and O–H groups in total. The van der Waals surface area contributed by atoms with Gasteiger partial charge in [0, 0.05) is 44.3 Å². The van der Waals surface area contributed by atoms with E-state index < -0.39 is 0 Å². The van der Waals surface area contributed by atoms with Crippen LogP contribution in [0.4, 0.5) is 0 Å². The van der Waals surface area contributed by atoms with Crippen LogP contribution in [-0.2, 0) is 17.6 Å². The predicted octanol–water partition coefficient (Wildman–Crippen LogP) is 4.27. The molecule has 5 rings (SSSR count). The van der Waals surface area contributed by atoms with Crippen LogP contribution in [0.5, 0.6) is 0 Å². The van der Waals surface area contributed by atoms with Crippen LogP contribution in [0.1, 0.15) is 30.9 Å². The first-order valence-corrected chi connectivity index (χ1v) is 14.7. The predicted molar refractivity (Wildman–Crippen MR) is 169 cm³/mol. The Morgan fingerprint density at radius 1 is 0.927 bits per heavy atom. The number of nitrogens with two attached hydrogens (primary N) is 2. The van der Waals surface area contributed by atoms with Crippen LogP contribution in [0.25, 0.3) is 21.5 Å². The molecule has 7 nitrogen and oxygen atoms in total. The minimum Gasteiger partial charge on any atom is -0.370 e. The second-order valence-corrected chi connectivity index (χ2v) is 11.5. The van der Waals surface area contributed by atoms with Crippen molar-refractivity contribution in [1.82, 2.24) is 15.1 Å². The van der Waals surface area contributed by atoms with Gasteiger partial charge in [-0.25, -0.2) is 0 Å². The SMILES string of the molecule is C[C@H]1CN(C(=O)Cc2ccc3ccccc3c2)C[C@H](CCCNC(=N)N)N1C[C@@H](N)Cc1ccc2ccccc2c1. The lowest BCUT2D eigenvalue weighted by atomic mass is 9.97. The van der Waals surface area contributed by atoms with Crippen LogP contribution in [0.2, 0.25) is 0 Å². The molecule has 1 saturated heterocycles. The molecule has 1 fully saturated rings. The molecule has 0 unspecified atom stereocenters. The zero-order valence-electron chi connectivity index (χ0n) is 23.9. The zero-order chi connectivity index (χ0) is 28.8. The lowest BCUT2D eigenvalue weighted by molar-refractivity contribution is -0.135. The number of fused-ring (bicyclic) bond motifs is 2. The minimum atomic E-state index is -0.0173. The average molecular weight is 551 g/mol. The minimum absolute atomic E-state index is 0.0107. The molecule has 7 heteroatoms. The molecule has 214 valence electrons. The second kappa shape index (κ2) is 13.1. The second-order valence-electron chi connectivity index (χ2n) is 11.5. The van der Waals surface area contributed by atoms with E-state index in [4.69, 9.17) is 16.9 Å². The lowest BCUT2D eigenvalue weighted by Gasteiger charge is -2.47. The molecule has 1 aliphatic rings. The van der Waals surface area contributed by atoms with Gasteiger partial charge in [-0.15, -0.1) is 0 Å². The molecule has 0 bridgehead atoms. The normalized spacial score (nSPS) is 18.4. The van der Waals surface area contributed by atoms with E-state index in [1.54, 1.807) is 0 Å². The molecule has 0 radical (unpaired) electrons. The fourth-order valence-electron chi connectivity index (χ4n) is 6.21. The van der Waals surface area contributed by atoms with E-state index in [2.05, 4.69) is 89.9 Å². The van der Waals surface area contributed by atoms with Crippen LogP contribution in [-0.4, -0.2) is 66.0 Å². The Hall–Kier alpha value is -3.94. The van der Waals surface area contributed by atoms with E-state index in [0.29, 0.717) is 26.1 Å². The summed E-state index contributed by atoms with van der Waals surface area (Å²) in [7, 11) is 0. The van der Waals surface area contributed by atoms with Crippen molar-refractivity contribution in [3.05, 3.63) is 96.1 Å². The molecule has 3 atom stereocenters. The largest absolute Gasteiger partial charge is 0.370 e. The van der Waals surface area contributed by atoms with Crippen LogP contribution in [0.15, 0.2) is 84.9 Å². The molecule has 0 aliphatic carbocycles. The molecule has 0 aromatic heterocycles. The summed E-state index contributed by atoms with van der Waals surface area (Å²) in [5.41, 5.74) is 14.5. The number of nitrogens with one attached hydrogen (secondary N) is 2. The van der Waals surface area contributed by atoms with Crippen molar-refractivity contribution in [2.24, 2.45) is 11.5 Å². The van der Waals surface area contributed by atoms with E-state index in [-0.39, 0.29) is 30.0 Å². The fourth-order valence-corrected chi connectivity index (χ4v) is 6.21. The van der Waals surface area contributed by atoms with Crippen molar-refractivity contribution < 1.29 is 4.79 Å². The van der Waals surface area contributed by atoms with Gasteiger partial charge >= 0.3 is 0 Å². The number of nitrogens with zero attached hydrogens (tertiary/aromatic N) is 2. The standard InChI is InChI=1S/C34H42N6O/c1-24-21-39(33(41)20-26-13-15-28-8-3-5-10-30(28)18-26)23-32(11-6-16-38-34(36)37)40(24)22-31(35)19-25-12-14-27-7-2-4-9-29(27)17-25/h2-5,7-10,12-15,17-18,24,31-32H,6,11,16,19-23,35H2,1H3,(H4,36,37,38)/t24-,31-,32-/m0/s1. The molecule has 0 spiro atoms. The fraction of sp³-hybridized carbons (Fsp3) is 0.353. The Morgan fingerprint density at radius 2 is 1.54 bits per heavy atom. The highest BCUT2D eigenvalue weighted by atomic mass is 16.2. The Balaban J connectivity index is 1.25. The maximum atomic E-state index is 13.5. The van der Waals surface area contributed by atoms with E-state index >= 15 is 0 Å². The Kier molecular flexibility index (Phi) is 9.17. The molecular weight excluding hydrogens is 508 g/mol. The third-order valence-corrected chi connectivity index (χ3v) is 8.26. The number of hydrogen-bond donors (Lipinski definition) is 4. The molecule has 1 amide bonds. The van der Waals surface area contributed by atoms with E-state index in [9.17, 15) is 4.79 Å². The maximum absolute atomic E-state index is 13.5. The van der Waals surface area contributed by atoms with Crippen LogP contribution in [0.3, 0.4) is 0 Å². The number of carbonyl (C=O) groups is 1. The number of guanidine groups is 1. The van der Waals surface area contributed by atoms with Gasteiger partial charge < -0.3 is 21.7 Å². The van der Waals surface area contributed by atoms with Crippen molar-refractivity contribution in [3.63, 3.8) is 0 Å². The summed E-state index contributed by atoms with van der Waals surface area (Å²) in [4.78, 5) is 18.1. The van der Waals surface area contributed by atoms with Gasteiger partial charge in [-0.2, -0.15) is 0 Å². The number of piperazine rings is 1. The highest BCUT2D eigenvalue weighted by molar-refractivity contribution is 5.85. The number of rotatable bonds is 10. The van der Waals surface area contributed by atoms with Crippen molar-refractivity contribution in [3.8, 4) is 0 Å². The summed E-state index contributed by atoms with van der Waals surface area (Å²) in [6, 6.07) is 29.9. The highest BCUT2D eigenvalue weighted by Gasteiger charge is 2.34. The smallest absolute Gasteiger partial charge is 0.227 e. The van der Waals surface area contributed by atoms with Crippen molar-refractivity contribution in [1.29, 1.82) is 5.41 Å². The first kappa shape index (κ1) is 28.6. The first-order valence-electron chi connectivity index (χ1n) is 14.7. The summed E-state index contributed by atoms with van der Waals surface area (Å²) in [5.74, 6) is 0.155. The quantitative estimate of drug-likeness (QED) is 0.134. The Labute approximate surface area is 243 Å². The molecule has 41 heavy (non-hydrogen) atoms. The highest BCUT2D eigenvalue weighted by Crippen LogP contribution is 2.23. The van der Waals surface area contributed by atoms with Gasteiger partial charge in [0.15, 0.2) is 5.96 Å². The van der Waals surface area contributed by atoms with Gasteiger partial charge in [-0.1, -0.05) is 84.9 Å². The average Bonchev–Trinajstić information content (AvgIpc) is 2.96.